The average molecular weight is 226 g/mol. The fourth-order valence-corrected chi connectivity index (χ4v) is 2.33. The third kappa shape index (κ3) is 8.63. The highest BCUT2D eigenvalue weighted by Crippen LogP contribution is 2.21. The zero-order chi connectivity index (χ0) is 12.1. The highest BCUT2D eigenvalue weighted by atomic mass is 16.1. The Bertz CT molecular complexity index is 135. The summed E-state index contributed by atoms with van der Waals surface area (Å²) < 4.78 is 0. The van der Waals surface area contributed by atoms with Crippen molar-refractivity contribution in [1.29, 1.82) is 0 Å². The molecule has 0 aromatic carbocycles. The number of rotatable bonds is 1. The van der Waals surface area contributed by atoms with Crippen molar-refractivity contribution >= 4 is 13.1 Å². The molecule has 2 saturated carbocycles. The predicted octanol–water partition coefficient (Wildman–Crippen LogP) is 3.92. The van der Waals surface area contributed by atoms with Crippen molar-refractivity contribution in [2.75, 3.05) is 0 Å². The van der Waals surface area contributed by atoms with E-state index in [1.165, 1.54) is 57.8 Å². The molecule has 0 spiro atoms. The molecule has 0 radical (unpaired) electrons. The van der Waals surface area contributed by atoms with Crippen molar-refractivity contribution in [1.82, 2.24) is 0 Å². The number of hydrogen-bond donors (Lipinski definition) is 0. The molecule has 0 aliphatic heterocycles. The Morgan fingerprint density at radius 1 is 0.688 bits per heavy atom. The fourth-order valence-electron chi connectivity index (χ4n) is 2.33. The van der Waals surface area contributed by atoms with Gasteiger partial charge >= 0.3 is 0 Å². The highest BCUT2D eigenvalue weighted by molar-refractivity contribution is 5.53. The van der Waals surface area contributed by atoms with Crippen LogP contribution in [0.4, 0.5) is 0 Å². The summed E-state index contributed by atoms with van der Waals surface area (Å²) in [7, 11) is 0. The summed E-state index contributed by atoms with van der Waals surface area (Å²) in [6.45, 7) is 2.00. The maximum Gasteiger partial charge on any atom is 0.123 e. The van der Waals surface area contributed by atoms with E-state index in [2.05, 4.69) is 0 Å². The first-order valence-corrected chi connectivity index (χ1v) is 6.67. The van der Waals surface area contributed by atoms with E-state index >= 15 is 0 Å². The lowest BCUT2D eigenvalue weighted by molar-refractivity contribution is -0.111. The normalized spacial score (nSPS) is 20.8. The number of carbonyl (C=O) groups excluding carboxylic acids is 2. The molecule has 2 nitrogen and oxygen atoms in total. The van der Waals surface area contributed by atoms with Gasteiger partial charge in [-0.05, 0) is 12.8 Å². The van der Waals surface area contributed by atoms with Gasteiger partial charge in [0.05, 0.1) is 0 Å². The summed E-state index contributed by atoms with van der Waals surface area (Å²) in [5.41, 5.74) is 0. The monoisotopic (exact) mass is 226 g/mol. The minimum atomic E-state index is 0.406. The molecule has 2 rings (SSSR count). The molecule has 0 atom stereocenters. The molecule has 0 aromatic rings. The van der Waals surface area contributed by atoms with Gasteiger partial charge in [0.2, 0.25) is 0 Å². The van der Waals surface area contributed by atoms with Gasteiger partial charge in [0, 0.05) is 5.92 Å². The lowest BCUT2D eigenvalue weighted by Crippen LogP contribution is -2.06. The molecule has 2 fully saturated rings. The average Bonchev–Trinajstić information content (AvgIpc) is 2.44. The van der Waals surface area contributed by atoms with Crippen LogP contribution in [0.1, 0.15) is 70.6 Å². The first-order chi connectivity index (χ1) is 7.93. The molecule has 94 valence electrons. The third-order valence-corrected chi connectivity index (χ3v) is 3.34. The van der Waals surface area contributed by atoms with Crippen LogP contribution in [-0.2, 0) is 9.59 Å². The van der Waals surface area contributed by atoms with Crippen molar-refractivity contribution in [3.8, 4) is 0 Å². The van der Waals surface area contributed by atoms with E-state index in [4.69, 9.17) is 4.79 Å². The predicted molar refractivity (Wildman–Crippen MR) is 67.5 cm³/mol. The number of hydrogen-bond acceptors (Lipinski definition) is 2. The minimum Gasteiger partial charge on any atom is -0.307 e. The van der Waals surface area contributed by atoms with Crippen LogP contribution in [0.2, 0.25) is 0 Å². The SMILES string of the molecule is C1CCCCC1.C=O.O=CC1CCCCC1. The molecule has 0 N–H and O–H groups in total. The van der Waals surface area contributed by atoms with Crippen LogP contribution < -0.4 is 0 Å². The molecular weight excluding hydrogens is 200 g/mol. The smallest absolute Gasteiger partial charge is 0.123 e. The van der Waals surface area contributed by atoms with Crippen LogP contribution in [0.3, 0.4) is 0 Å². The lowest BCUT2D eigenvalue weighted by atomic mass is 9.91. The van der Waals surface area contributed by atoms with Crippen LogP contribution in [0.15, 0.2) is 0 Å². The van der Waals surface area contributed by atoms with E-state index in [1.807, 2.05) is 6.79 Å². The maximum absolute atomic E-state index is 10.2. The van der Waals surface area contributed by atoms with E-state index in [9.17, 15) is 4.79 Å². The second kappa shape index (κ2) is 12.4. The zero-order valence-electron chi connectivity index (χ0n) is 10.5. The van der Waals surface area contributed by atoms with E-state index < -0.39 is 0 Å². The van der Waals surface area contributed by atoms with Gasteiger partial charge < -0.3 is 9.59 Å². The molecule has 0 saturated heterocycles. The molecular formula is C14H26O2. The third-order valence-electron chi connectivity index (χ3n) is 3.34. The quantitative estimate of drug-likeness (QED) is 0.635. The van der Waals surface area contributed by atoms with E-state index in [1.54, 1.807) is 0 Å². The summed E-state index contributed by atoms with van der Waals surface area (Å²) in [6, 6.07) is 0. The largest absolute Gasteiger partial charge is 0.307 e. The van der Waals surface area contributed by atoms with E-state index in [0.29, 0.717) is 5.92 Å². The molecule has 16 heavy (non-hydrogen) atoms. The summed E-state index contributed by atoms with van der Waals surface area (Å²) in [5, 5.41) is 0. The summed E-state index contributed by atoms with van der Waals surface area (Å²) in [5.74, 6) is 0.406. The highest BCUT2D eigenvalue weighted by Gasteiger charge is 2.10. The number of carbonyl (C=O) groups is 2. The molecule has 2 aliphatic carbocycles. The molecule has 0 aromatic heterocycles. The van der Waals surface area contributed by atoms with Gasteiger partial charge in [-0.15, -0.1) is 0 Å². The molecule has 2 heteroatoms. The summed E-state index contributed by atoms with van der Waals surface area (Å²) in [4.78, 5) is 18.2. The molecule has 2 aliphatic rings. The second-order valence-electron chi connectivity index (χ2n) is 4.66. The summed E-state index contributed by atoms with van der Waals surface area (Å²) >= 11 is 0. The Morgan fingerprint density at radius 2 is 1.00 bits per heavy atom. The summed E-state index contributed by atoms with van der Waals surface area (Å²) in [6.07, 6.45) is 16.3. The van der Waals surface area contributed by atoms with E-state index in [0.717, 1.165) is 19.1 Å². The Labute approximate surface area is 99.8 Å². The van der Waals surface area contributed by atoms with Gasteiger partial charge in [0.15, 0.2) is 0 Å². The van der Waals surface area contributed by atoms with Gasteiger partial charge in [-0.25, -0.2) is 0 Å². The van der Waals surface area contributed by atoms with Crippen molar-refractivity contribution < 1.29 is 9.59 Å². The van der Waals surface area contributed by atoms with Gasteiger partial charge in [-0.1, -0.05) is 57.8 Å². The Morgan fingerprint density at radius 3 is 1.25 bits per heavy atom. The van der Waals surface area contributed by atoms with Crippen molar-refractivity contribution in [3.63, 3.8) is 0 Å². The van der Waals surface area contributed by atoms with Gasteiger partial charge in [-0.3, -0.25) is 0 Å². The van der Waals surface area contributed by atoms with Crippen molar-refractivity contribution in [2.45, 2.75) is 70.6 Å². The maximum atomic E-state index is 10.2. The number of aldehydes is 1. The Balaban J connectivity index is 0.000000251. The first kappa shape index (κ1) is 15.3. The minimum absolute atomic E-state index is 0.406. The second-order valence-corrected chi connectivity index (χ2v) is 4.66. The Hall–Kier alpha value is -0.660. The van der Waals surface area contributed by atoms with Crippen LogP contribution in [0.5, 0.6) is 0 Å². The van der Waals surface area contributed by atoms with Gasteiger partial charge in [-0.2, -0.15) is 0 Å². The lowest BCUT2D eigenvalue weighted by Gasteiger charge is -2.14. The van der Waals surface area contributed by atoms with Gasteiger partial charge in [0.25, 0.3) is 0 Å². The zero-order valence-corrected chi connectivity index (χ0v) is 10.5. The van der Waals surface area contributed by atoms with Crippen LogP contribution in [-0.4, -0.2) is 13.1 Å². The standard InChI is InChI=1S/C7H12O.C6H12.CH2O/c8-6-7-4-2-1-3-5-7;1-2-4-6-5-3-1;1-2/h6-7H,1-5H2;1-6H2;1H2. The van der Waals surface area contributed by atoms with Crippen molar-refractivity contribution in [2.24, 2.45) is 5.92 Å². The molecule has 0 amide bonds. The Kier molecular flexibility index (Phi) is 11.9. The van der Waals surface area contributed by atoms with Crippen LogP contribution in [0.25, 0.3) is 0 Å². The van der Waals surface area contributed by atoms with Crippen LogP contribution in [0, 0.1) is 5.92 Å². The molecule has 0 bridgehead atoms. The molecule has 0 heterocycles. The van der Waals surface area contributed by atoms with Crippen LogP contribution >= 0.6 is 0 Å². The van der Waals surface area contributed by atoms with Crippen molar-refractivity contribution in [3.05, 3.63) is 0 Å². The topological polar surface area (TPSA) is 34.1 Å². The molecule has 0 unspecified atom stereocenters. The fraction of sp³-hybridized carbons (Fsp3) is 0.857. The first-order valence-electron chi connectivity index (χ1n) is 6.67. The van der Waals surface area contributed by atoms with Gasteiger partial charge in [0.1, 0.15) is 13.1 Å². The van der Waals surface area contributed by atoms with E-state index in [-0.39, 0.29) is 0 Å².